The maximum atomic E-state index is 14.5. The lowest BCUT2D eigenvalue weighted by Gasteiger charge is -2.37. The van der Waals surface area contributed by atoms with Gasteiger partial charge in [-0.3, -0.25) is 14.4 Å². The Labute approximate surface area is 231 Å². The number of anilines is 1. The van der Waals surface area contributed by atoms with Crippen LogP contribution in [0.5, 0.6) is 0 Å². The second kappa shape index (κ2) is 11.3. The van der Waals surface area contributed by atoms with Gasteiger partial charge in [-0.15, -0.1) is 13.2 Å². The van der Waals surface area contributed by atoms with Gasteiger partial charge in [0.25, 0.3) is 5.91 Å². The van der Waals surface area contributed by atoms with Crippen LogP contribution in [0.2, 0.25) is 0 Å². The van der Waals surface area contributed by atoms with Gasteiger partial charge in [0.05, 0.1) is 24.7 Å². The Morgan fingerprint density at radius 2 is 2.00 bits per heavy atom. The molecular weight excluding hydrogens is 496 g/mol. The lowest BCUT2D eigenvalue weighted by molar-refractivity contribution is -0.161. The van der Waals surface area contributed by atoms with Crippen LogP contribution in [0.4, 0.5) is 5.69 Å². The highest BCUT2D eigenvalue weighted by Gasteiger charge is 2.80. The molecule has 39 heavy (non-hydrogen) atoms. The van der Waals surface area contributed by atoms with Crippen molar-refractivity contribution in [2.45, 2.75) is 70.6 Å². The van der Waals surface area contributed by atoms with Gasteiger partial charge in [0.15, 0.2) is 0 Å². The maximum Gasteiger partial charge on any atom is 0.312 e. The van der Waals surface area contributed by atoms with E-state index in [0.29, 0.717) is 12.8 Å². The van der Waals surface area contributed by atoms with Crippen LogP contribution in [-0.4, -0.2) is 71.3 Å². The number of amides is 2. The first kappa shape index (κ1) is 29.0. The van der Waals surface area contributed by atoms with Crippen LogP contribution in [0.3, 0.4) is 0 Å². The second-order valence-corrected chi connectivity index (χ2v) is 11.4. The molecule has 1 spiro atoms. The molecule has 0 saturated carbocycles. The molecule has 8 heteroatoms. The number of benzene rings is 1. The molecule has 3 fully saturated rings. The van der Waals surface area contributed by atoms with Gasteiger partial charge in [0.1, 0.15) is 17.6 Å². The summed E-state index contributed by atoms with van der Waals surface area (Å²) < 4.78 is 12.4. The number of hydrogen-bond donors (Lipinski definition) is 1. The van der Waals surface area contributed by atoms with E-state index in [1.165, 1.54) is 4.90 Å². The van der Waals surface area contributed by atoms with Crippen LogP contribution in [0.25, 0.3) is 0 Å². The molecule has 3 unspecified atom stereocenters. The summed E-state index contributed by atoms with van der Waals surface area (Å²) in [6.45, 7) is 15.5. The number of nitrogens with zero attached hydrogens (tertiary/aromatic N) is 2. The Morgan fingerprint density at radius 1 is 1.26 bits per heavy atom. The van der Waals surface area contributed by atoms with Gasteiger partial charge < -0.3 is 24.4 Å². The van der Waals surface area contributed by atoms with Crippen LogP contribution < -0.4 is 4.90 Å². The summed E-state index contributed by atoms with van der Waals surface area (Å²) in [4.78, 5) is 45.1. The fourth-order valence-corrected chi connectivity index (χ4v) is 6.97. The number of esters is 1. The Kier molecular flexibility index (Phi) is 8.38. The summed E-state index contributed by atoms with van der Waals surface area (Å²) in [5.74, 6) is -2.88. The molecule has 3 saturated heterocycles. The maximum absolute atomic E-state index is 14.5. The largest absolute Gasteiger partial charge is 0.465 e. The summed E-state index contributed by atoms with van der Waals surface area (Å²) >= 11 is 0. The van der Waals surface area contributed by atoms with Crippen LogP contribution in [-0.2, 0) is 23.9 Å². The number of aliphatic hydroxyl groups excluding tert-OH is 1. The van der Waals surface area contributed by atoms with E-state index in [1.54, 1.807) is 11.0 Å². The van der Waals surface area contributed by atoms with Gasteiger partial charge in [0.2, 0.25) is 5.91 Å². The first-order chi connectivity index (χ1) is 18.6. The van der Waals surface area contributed by atoms with E-state index in [2.05, 4.69) is 13.2 Å². The molecule has 1 aromatic rings. The van der Waals surface area contributed by atoms with Gasteiger partial charge in [0, 0.05) is 18.8 Å². The SMILES string of the molecule is C=CCCCCOC(=O)[C@@H]1[C@H]2C(=O)N(CCO)C(C(=O)N(CC=C)c3cc(C)ccc3C)C23CC(C)[C@@]1(C)O3. The highest BCUT2D eigenvalue weighted by Crippen LogP contribution is 2.65. The highest BCUT2D eigenvalue weighted by molar-refractivity contribution is 6.05. The number of carbonyl (C=O) groups excluding carboxylic acids is 3. The number of aryl methyl sites for hydroxylation is 2. The lowest BCUT2D eigenvalue weighted by atomic mass is 9.62. The Bertz CT molecular complexity index is 1150. The zero-order valence-electron chi connectivity index (χ0n) is 23.7. The van der Waals surface area contributed by atoms with E-state index < -0.39 is 35.0 Å². The standard InChI is InChI=1S/C31H42N2O6/c1-7-9-10-11-17-38-29(37)25-24-27(35)33(15-16-34)26(31(24)19-22(5)30(25,6)39-31)28(36)32(14-8-2)23-18-20(3)12-13-21(23)4/h7-8,12-13,18,22,24-26,34H,1-2,9-11,14-17,19H2,3-6H3/t22?,24-,25-,26?,30+,31?/m0/s1. The molecule has 2 amide bonds. The summed E-state index contributed by atoms with van der Waals surface area (Å²) in [6.07, 6.45) is 6.34. The molecule has 3 heterocycles. The van der Waals surface area contributed by atoms with Gasteiger partial charge >= 0.3 is 5.97 Å². The number of β-amino-alcohol motifs (C(OH)–C–C–N with tert-alkyl or cyclic N) is 1. The molecule has 0 aliphatic carbocycles. The van der Waals surface area contributed by atoms with Crippen LogP contribution >= 0.6 is 0 Å². The predicted molar refractivity (Wildman–Crippen MR) is 149 cm³/mol. The molecule has 212 valence electrons. The number of fused-ring (bicyclic) bond motifs is 1. The molecule has 8 nitrogen and oxygen atoms in total. The number of rotatable bonds is 12. The normalized spacial score (nSPS) is 30.8. The van der Waals surface area contributed by atoms with E-state index in [4.69, 9.17) is 9.47 Å². The average Bonchev–Trinajstić information content (AvgIpc) is 3.40. The number of hydrogen-bond acceptors (Lipinski definition) is 6. The molecule has 6 atom stereocenters. The van der Waals surface area contributed by atoms with E-state index in [0.717, 1.165) is 29.7 Å². The molecule has 1 aromatic carbocycles. The zero-order chi connectivity index (χ0) is 28.5. The number of unbranched alkanes of at least 4 members (excludes halogenated alkanes) is 2. The van der Waals surface area contributed by atoms with Gasteiger partial charge in [-0.1, -0.05) is 31.2 Å². The van der Waals surface area contributed by atoms with Crippen molar-refractivity contribution in [1.82, 2.24) is 4.90 Å². The molecule has 2 bridgehead atoms. The Hall–Kier alpha value is -2.97. The van der Waals surface area contributed by atoms with Crippen molar-refractivity contribution in [2.24, 2.45) is 17.8 Å². The fourth-order valence-electron chi connectivity index (χ4n) is 6.97. The number of carbonyl (C=O) groups is 3. The molecule has 4 rings (SSSR count). The second-order valence-electron chi connectivity index (χ2n) is 11.4. The summed E-state index contributed by atoms with van der Waals surface area (Å²) in [7, 11) is 0. The fraction of sp³-hybridized carbons (Fsp3) is 0.581. The first-order valence-electron chi connectivity index (χ1n) is 14.0. The molecule has 3 aliphatic heterocycles. The molecule has 0 radical (unpaired) electrons. The zero-order valence-corrected chi connectivity index (χ0v) is 23.7. The van der Waals surface area contributed by atoms with Gasteiger partial charge in [-0.05, 0) is 69.6 Å². The minimum absolute atomic E-state index is 0.0278. The number of ether oxygens (including phenoxy) is 2. The molecule has 3 aliphatic rings. The van der Waals surface area contributed by atoms with Crippen LogP contribution in [0, 0.1) is 31.6 Å². The molecule has 1 N–H and O–H groups in total. The van der Waals surface area contributed by atoms with E-state index in [-0.39, 0.29) is 44.0 Å². The van der Waals surface area contributed by atoms with Crippen molar-refractivity contribution in [3.8, 4) is 0 Å². The number of aliphatic hydroxyl groups is 1. The van der Waals surface area contributed by atoms with E-state index >= 15 is 0 Å². The van der Waals surface area contributed by atoms with E-state index in [9.17, 15) is 19.5 Å². The van der Waals surface area contributed by atoms with Gasteiger partial charge in [-0.25, -0.2) is 0 Å². The number of likely N-dealkylation sites (tertiary alicyclic amines) is 1. The molecule has 0 aromatic heterocycles. The number of allylic oxidation sites excluding steroid dienone is 1. The lowest BCUT2D eigenvalue weighted by Crippen LogP contribution is -2.57. The van der Waals surface area contributed by atoms with Crippen molar-refractivity contribution in [1.29, 1.82) is 0 Å². The monoisotopic (exact) mass is 538 g/mol. The van der Waals surface area contributed by atoms with E-state index in [1.807, 2.05) is 52.0 Å². The summed E-state index contributed by atoms with van der Waals surface area (Å²) in [6, 6.07) is 4.90. The smallest absolute Gasteiger partial charge is 0.312 e. The summed E-state index contributed by atoms with van der Waals surface area (Å²) in [5, 5.41) is 9.90. The third-order valence-corrected chi connectivity index (χ3v) is 8.92. The van der Waals surface area contributed by atoms with Crippen molar-refractivity contribution in [3.63, 3.8) is 0 Å². The van der Waals surface area contributed by atoms with Crippen molar-refractivity contribution >= 4 is 23.5 Å². The Balaban J connectivity index is 1.74. The van der Waals surface area contributed by atoms with Crippen molar-refractivity contribution < 1.29 is 29.0 Å². The first-order valence-corrected chi connectivity index (χ1v) is 14.0. The predicted octanol–water partition coefficient (Wildman–Crippen LogP) is 3.72. The van der Waals surface area contributed by atoms with Crippen molar-refractivity contribution in [2.75, 3.05) is 31.2 Å². The van der Waals surface area contributed by atoms with Gasteiger partial charge in [-0.2, -0.15) is 0 Å². The van der Waals surface area contributed by atoms with Crippen LogP contribution in [0.1, 0.15) is 50.7 Å². The third-order valence-electron chi connectivity index (χ3n) is 8.92. The Morgan fingerprint density at radius 3 is 2.67 bits per heavy atom. The quantitative estimate of drug-likeness (QED) is 0.248. The summed E-state index contributed by atoms with van der Waals surface area (Å²) in [5.41, 5.74) is 0.515. The minimum atomic E-state index is -1.19. The average molecular weight is 539 g/mol. The van der Waals surface area contributed by atoms with Crippen LogP contribution in [0.15, 0.2) is 43.5 Å². The highest BCUT2D eigenvalue weighted by atomic mass is 16.6. The topological polar surface area (TPSA) is 96.4 Å². The molecular formula is C31H42N2O6. The minimum Gasteiger partial charge on any atom is -0.465 e. The van der Waals surface area contributed by atoms with Crippen molar-refractivity contribution in [3.05, 3.63) is 54.6 Å². The third kappa shape index (κ3) is 4.72.